The number of hydrogen-bond acceptors (Lipinski definition) is 5. The van der Waals surface area contributed by atoms with E-state index in [0.29, 0.717) is 25.2 Å². The Morgan fingerprint density at radius 1 is 1.17 bits per heavy atom. The molecule has 8 nitrogen and oxygen atoms in total. The highest BCUT2D eigenvalue weighted by Gasteiger charge is 2.16. The van der Waals surface area contributed by atoms with E-state index in [9.17, 15) is 9.59 Å². The van der Waals surface area contributed by atoms with Gasteiger partial charge in [0.25, 0.3) is 5.91 Å². The number of rotatable bonds is 11. The topological polar surface area (TPSA) is 123 Å². The number of aromatic nitrogens is 2. The quantitative estimate of drug-likeness (QED) is 0.218. The molecule has 0 saturated heterocycles. The Bertz CT molecular complexity index is 822. The van der Waals surface area contributed by atoms with E-state index < -0.39 is 5.91 Å². The van der Waals surface area contributed by atoms with Gasteiger partial charge in [0.2, 0.25) is 11.2 Å². The summed E-state index contributed by atoms with van der Waals surface area (Å²) >= 11 is 5.86. The van der Waals surface area contributed by atoms with Crippen molar-refractivity contribution in [2.45, 2.75) is 39.0 Å². The van der Waals surface area contributed by atoms with Crippen LogP contribution in [0.1, 0.15) is 48.7 Å². The molecule has 1 heterocycles. The zero-order chi connectivity index (χ0) is 21.1. The van der Waals surface area contributed by atoms with Crippen molar-refractivity contribution in [2.24, 2.45) is 0 Å². The van der Waals surface area contributed by atoms with Crippen molar-refractivity contribution in [3.8, 4) is 0 Å². The second-order valence-corrected chi connectivity index (χ2v) is 6.91. The SMILES string of the molecule is CCCCNc1nc(Cl)[nH]c1C(=O)NCCC(=O)NC(=N)CCc1ccccc1. The van der Waals surface area contributed by atoms with Crippen molar-refractivity contribution in [2.75, 3.05) is 18.4 Å². The third-order valence-corrected chi connectivity index (χ3v) is 4.34. The van der Waals surface area contributed by atoms with Crippen LogP contribution < -0.4 is 16.0 Å². The van der Waals surface area contributed by atoms with Crippen molar-refractivity contribution >= 4 is 35.1 Å². The maximum atomic E-state index is 12.3. The number of amidine groups is 1. The number of carbonyl (C=O) groups is 2. The number of H-pyrrole nitrogens is 1. The highest BCUT2D eigenvalue weighted by Crippen LogP contribution is 2.15. The summed E-state index contributed by atoms with van der Waals surface area (Å²) in [5.41, 5.74) is 1.35. The Morgan fingerprint density at radius 3 is 2.66 bits per heavy atom. The molecule has 2 rings (SSSR count). The Kier molecular flexibility index (Phi) is 9.17. The Balaban J connectivity index is 1.71. The molecule has 29 heavy (non-hydrogen) atoms. The zero-order valence-electron chi connectivity index (χ0n) is 16.5. The monoisotopic (exact) mass is 418 g/mol. The van der Waals surface area contributed by atoms with Gasteiger partial charge in [-0.1, -0.05) is 43.7 Å². The maximum absolute atomic E-state index is 12.3. The molecule has 0 radical (unpaired) electrons. The molecule has 0 aliphatic heterocycles. The molecule has 0 atom stereocenters. The van der Waals surface area contributed by atoms with Gasteiger partial charge in [-0.2, -0.15) is 0 Å². The van der Waals surface area contributed by atoms with Gasteiger partial charge >= 0.3 is 0 Å². The van der Waals surface area contributed by atoms with Gasteiger partial charge in [0.15, 0.2) is 5.82 Å². The normalized spacial score (nSPS) is 10.4. The molecule has 0 spiro atoms. The van der Waals surface area contributed by atoms with Crippen molar-refractivity contribution in [3.63, 3.8) is 0 Å². The number of aromatic amines is 1. The molecule has 0 bridgehead atoms. The molecule has 0 aliphatic rings. The van der Waals surface area contributed by atoms with Crippen LogP contribution in [0.2, 0.25) is 5.28 Å². The number of carbonyl (C=O) groups excluding carboxylic acids is 2. The molecule has 1 aromatic heterocycles. The summed E-state index contributed by atoms with van der Waals surface area (Å²) < 4.78 is 0. The Hall–Kier alpha value is -2.87. The number of anilines is 1. The second-order valence-electron chi connectivity index (χ2n) is 6.55. The molecular weight excluding hydrogens is 392 g/mol. The molecule has 2 amide bonds. The Labute approximate surface area is 175 Å². The molecule has 156 valence electrons. The minimum atomic E-state index is -0.393. The van der Waals surface area contributed by atoms with Crippen LogP contribution >= 0.6 is 11.6 Å². The van der Waals surface area contributed by atoms with Crippen LogP contribution in [0.5, 0.6) is 0 Å². The van der Waals surface area contributed by atoms with Crippen LogP contribution in [0.15, 0.2) is 30.3 Å². The van der Waals surface area contributed by atoms with Gasteiger partial charge in [0, 0.05) is 25.9 Å². The van der Waals surface area contributed by atoms with Gasteiger partial charge in [-0.15, -0.1) is 0 Å². The fourth-order valence-electron chi connectivity index (χ4n) is 2.61. The first-order valence-corrected chi connectivity index (χ1v) is 10.1. The van der Waals surface area contributed by atoms with Crippen LogP contribution in [0.4, 0.5) is 5.82 Å². The standard InChI is InChI=1S/C20H27ClN6O2/c1-2-3-12-23-18-17(26-20(21)27-18)19(29)24-13-11-16(28)25-15(22)10-9-14-7-5-4-6-8-14/h4-8,23H,2-3,9-13H2,1H3,(H,24,29)(H,26,27)(H2,22,25,28). The lowest BCUT2D eigenvalue weighted by molar-refractivity contribution is -0.119. The molecule has 0 saturated carbocycles. The highest BCUT2D eigenvalue weighted by molar-refractivity contribution is 6.28. The van der Waals surface area contributed by atoms with E-state index in [4.69, 9.17) is 17.0 Å². The van der Waals surface area contributed by atoms with Crippen molar-refractivity contribution in [3.05, 3.63) is 46.9 Å². The number of aryl methyl sites for hydroxylation is 1. The van der Waals surface area contributed by atoms with Gasteiger partial charge < -0.3 is 20.9 Å². The van der Waals surface area contributed by atoms with E-state index in [1.54, 1.807) is 0 Å². The molecule has 2 aromatic rings. The number of benzene rings is 1. The fourth-order valence-corrected chi connectivity index (χ4v) is 2.78. The average Bonchev–Trinajstić information content (AvgIpc) is 3.08. The number of nitrogens with one attached hydrogen (secondary N) is 5. The number of hydrogen-bond donors (Lipinski definition) is 5. The minimum Gasteiger partial charge on any atom is -0.368 e. The largest absolute Gasteiger partial charge is 0.368 e. The number of amides is 2. The number of unbranched alkanes of at least 4 members (excludes halogenated alkanes) is 1. The lowest BCUT2D eigenvalue weighted by Gasteiger charge is -2.08. The third-order valence-electron chi connectivity index (χ3n) is 4.16. The molecular formula is C20H27ClN6O2. The smallest absolute Gasteiger partial charge is 0.271 e. The highest BCUT2D eigenvalue weighted by atomic mass is 35.5. The summed E-state index contributed by atoms with van der Waals surface area (Å²) in [5.74, 6) is -0.149. The number of halogens is 1. The van der Waals surface area contributed by atoms with E-state index in [0.717, 1.165) is 18.4 Å². The van der Waals surface area contributed by atoms with Gasteiger partial charge in [-0.05, 0) is 30.0 Å². The van der Waals surface area contributed by atoms with Crippen LogP contribution in [-0.2, 0) is 11.2 Å². The summed E-state index contributed by atoms with van der Waals surface area (Å²) in [6.07, 6.45) is 3.16. The molecule has 9 heteroatoms. The van der Waals surface area contributed by atoms with E-state index in [2.05, 4.69) is 32.8 Å². The average molecular weight is 419 g/mol. The molecule has 5 N–H and O–H groups in total. The lowest BCUT2D eigenvalue weighted by atomic mass is 10.1. The summed E-state index contributed by atoms with van der Waals surface area (Å²) in [4.78, 5) is 31.1. The molecule has 0 unspecified atom stereocenters. The van der Waals surface area contributed by atoms with Gasteiger partial charge in [0.1, 0.15) is 11.5 Å². The van der Waals surface area contributed by atoms with E-state index in [1.807, 2.05) is 30.3 Å². The summed E-state index contributed by atoms with van der Waals surface area (Å²) in [6, 6.07) is 9.79. The predicted molar refractivity (Wildman–Crippen MR) is 115 cm³/mol. The van der Waals surface area contributed by atoms with E-state index in [-0.39, 0.29) is 35.7 Å². The summed E-state index contributed by atoms with van der Waals surface area (Å²) in [6.45, 7) is 2.90. The summed E-state index contributed by atoms with van der Waals surface area (Å²) in [7, 11) is 0. The van der Waals surface area contributed by atoms with Gasteiger partial charge in [-0.3, -0.25) is 15.0 Å². The first kappa shape index (κ1) is 22.4. The van der Waals surface area contributed by atoms with E-state index >= 15 is 0 Å². The lowest BCUT2D eigenvalue weighted by Crippen LogP contribution is -2.34. The first-order chi connectivity index (χ1) is 14.0. The summed E-state index contributed by atoms with van der Waals surface area (Å²) in [5, 5.41) is 16.3. The Morgan fingerprint density at radius 2 is 1.93 bits per heavy atom. The fraction of sp³-hybridized carbons (Fsp3) is 0.400. The van der Waals surface area contributed by atoms with Crippen molar-refractivity contribution in [1.29, 1.82) is 5.41 Å². The van der Waals surface area contributed by atoms with Crippen molar-refractivity contribution in [1.82, 2.24) is 20.6 Å². The van der Waals surface area contributed by atoms with E-state index in [1.165, 1.54) is 0 Å². The molecule has 1 aromatic carbocycles. The molecule has 0 fully saturated rings. The minimum absolute atomic E-state index is 0.0694. The maximum Gasteiger partial charge on any atom is 0.271 e. The van der Waals surface area contributed by atoms with Crippen LogP contribution in [0.3, 0.4) is 0 Å². The number of imidazole rings is 1. The third kappa shape index (κ3) is 7.95. The van der Waals surface area contributed by atoms with Gasteiger partial charge in [0.05, 0.1) is 0 Å². The van der Waals surface area contributed by atoms with Crippen molar-refractivity contribution < 1.29 is 9.59 Å². The predicted octanol–water partition coefficient (Wildman–Crippen LogP) is 3.12. The second kappa shape index (κ2) is 11.9. The van der Waals surface area contributed by atoms with Crippen LogP contribution in [0.25, 0.3) is 0 Å². The van der Waals surface area contributed by atoms with Gasteiger partial charge in [-0.25, -0.2) is 4.98 Å². The first-order valence-electron chi connectivity index (χ1n) is 9.68. The zero-order valence-corrected chi connectivity index (χ0v) is 17.2. The molecule has 0 aliphatic carbocycles. The van der Waals surface area contributed by atoms with Crippen LogP contribution in [0, 0.1) is 5.41 Å². The number of nitrogens with zero attached hydrogens (tertiary/aromatic N) is 1. The van der Waals surface area contributed by atoms with Crippen LogP contribution in [-0.4, -0.2) is 40.7 Å².